The van der Waals surface area contributed by atoms with Crippen molar-refractivity contribution in [1.82, 2.24) is 9.97 Å². The van der Waals surface area contributed by atoms with Gasteiger partial charge >= 0.3 is 0 Å². The molecule has 1 aromatic heterocycles. The SMILES string of the molecule is CNc1nccc(NCCc2ccccc2C)n1. The van der Waals surface area contributed by atoms with Crippen LogP contribution in [0.5, 0.6) is 0 Å². The Labute approximate surface area is 107 Å². The maximum Gasteiger partial charge on any atom is 0.224 e. The molecule has 0 saturated carbocycles. The van der Waals surface area contributed by atoms with Crippen molar-refractivity contribution in [2.24, 2.45) is 0 Å². The van der Waals surface area contributed by atoms with Gasteiger partial charge in [0.25, 0.3) is 0 Å². The molecule has 94 valence electrons. The molecule has 2 N–H and O–H groups in total. The molecule has 0 aliphatic heterocycles. The number of hydrogen-bond donors (Lipinski definition) is 2. The second kappa shape index (κ2) is 6.00. The van der Waals surface area contributed by atoms with Gasteiger partial charge in [-0.3, -0.25) is 0 Å². The minimum atomic E-state index is 0.635. The Balaban J connectivity index is 1.90. The van der Waals surface area contributed by atoms with E-state index in [2.05, 4.69) is 51.8 Å². The summed E-state index contributed by atoms with van der Waals surface area (Å²) in [5, 5.41) is 6.23. The molecule has 0 atom stereocenters. The lowest BCUT2D eigenvalue weighted by molar-refractivity contribution is 0.988. The molecule has 18 heavy (non-hydrogen) atoms. The van der Waals surface area contributed by atoms with Gasteiger partial charge in [0, 0.05) is 19.8 Å². The van der Waals surface area contributed by atoms with E-state index in [4.69, 9.17) is 0 Å². The molecule has 4 nitrogen and oxygen atoms in total. The number of hydrogen-bond acceptors (Lipinski definition) is 4. The van der Waals surface area contributed by atoms with E-state index < -0.39 is 0 Å². The van der Waals surface area contributed by atoms with Gasteiger partial charge in [0.05, 0.1) is 0 Å². The Kier molecular flexibility index (Phi) is 4.12. The van der Waals surface area contributed by atoms with Crippen molar-refractivity contribution in [1.29, 1.82) is 0 Å². The minimum Gasteiger partial charge on any atom is -0.370 e. The first-order chi connectivity index (χ1) is 8.79. The van der Waals surface area contributed by atoms with Crippen LogP contribution in [0, 0.1) is 6.92 Å². The molecule has 1 heterocycles. The van der Waals surface area contributed by atoms with Crippen molar-refractivity contribution < 1.29 is 0 Å². The highest BCUT2D eigenvalue weighted by Crippen LogP contribution is 2.09. The molecule has 0 spiro atoms. The van der Waals surface area contributed by atoms with Crippen molar-refractivity contribution in [3.63, 3.8) is 0 Å². The molecule has 0 amide bonds. The fourth-order valence-corrected chi connectivity index (χ4v) is 1.79. The van der Waals surface area contributed by atoms with E-state index in [1.165, 1.54) is 11.1 Å². The predicted octanol–water partition coefficient (Wildman–Crippen LogP) is 2.48. The van der Waals surface area contributed by atoms with Gasteiger partial charge in [-0.25, -0.2) is 4.98 Å². The zero-order chi connectivity index (χ0) is 12.8. The molecule has 1 aromatic carbocycles. The van der Waals surface area contributed by atoms with Gasteiger partial charge in [0.15, 0.2) is 0 Å². The summed E-state index contributed by atoms with van der Waals surface area (Å²) < 4.78 is 0. The summed E-state index contributed by atoms with van der Waals surface area (Å²) in [5.41, 5.74) is 2.70. The average Bonchev–Trinajstić information content (AvgIpc) is 2.41. The van der Waals surface area contributed by atoms with Gasteiger partial charge in [-0.15, -0.1) is 0 Å². The van der Waals surface area contributed by atoms with Crippen LogP contribution in [0.1, 0.15) is 11.1 Å². The first-order valence-electron chi connectivity index (χ1n) is 6.09. The maximum atomic E-state index is 4.31. The maximum absolute atomic E-state index is 4.31. The molecule has 2 aromatic rings. The lowest BCUT2D eigenvalue weighted by atomic mass is 10.1. The van der Waals surface area contributed by atoms with Crippen LogP contribution in [0.3, 0.4) is 0 Å². The first kappa shape index (κ1) is 12.4. The van der Waals surface area contributed by atoms with E-state index in [9.17, 15) is 0 Å². The molecule has 0 aliphatic carbocycles. The molecule has 0 radical (unpaired) electrons. The highest BCUT2D eigenvalue weighted by Gasteiger charge is 1.99. The van der Waals surface area contributed by atoms with Crippen molar-refractivity contribution >= 4 is 11.8 Å². The summed E-state index contributed by atoms with van der Waals surface area (Å²) in [5.74, 6) is 1.49. The third kappa shape index (κ3) is 3.20. The molecular formula is C14H18N4. The largest absolute Gasteiger partial charge is 0.370 e. The van der Waals surface area contributed by atoms with Gasteiger partial charge in [0.1, 0.15) is 5.82 Å². The van der Waals surface area contributed by atoms with Crippen LogP contribution >= 0.6 is 0 Å². The Morgan fingerprint density at radius 2 is 2.00 bits per heavy atom. The van der Waals surface area contributed by atoms with Crippen LogP contribution in [0.25, 0.3) is 0 Å². The van der Waals surface area contributed by atoms with Crippen LogP contribution in [-0.2, 0) is 6.42 Å². The molecule has 0 saturated heterocycles. The topological polar surface area (TPSA) is 49.8 Å². The lowest BCUT2D eigenvalue weighted by Crippen LogP contribution is -2.08. The standard InChI is InChI=1S/C14H18N4/c1-11-5-3-4-6-12(11)7-9-16-13-8-10-17-14(15-2)18-13/h3-6,8,10H,7,9H2,1-2H3,(H2,15,16,17,18). The lowest BCUT2D eigenvalue weighted by Gasteiger charge is -2.08. The fourth-order valence-electron chi connectivity index (χ4n) is 1.79. The first-order valence-corrected chi connectivity index (χ1v) is 6.09. The molecule has 0 fully saturated rings. The molecule has 4 heteroatoms. The van der Waals surface area contributed by atoms with Gasteiger partial charge in [-0.05, 0) is 30.5 Å². The third-order valence-electron chi connectivity index (χ3n) is 2.84. The van der Waals surface area contributed by atoms with Crippen LogP contribution in [0.4, 0.5) is 11.8 Å². The predicted molar refractivity (Wildman–Crippen MR) is 75.0 cm³/mol. The van der Waals surface area contributed by atoms with E-state index in [-0.39, 0.29) is 0 Å². The summed E-state index contributed by atoms with van der Waals surface area (Å²) in [6, 6.07) is 10.3. The summed E-state index contributed by atoms with van der Waals surface area (Å²) in [7, 11) is 1.81. The van der Waals surface area contributed by atoms with Gasteiger partial charge in [-0.1, -0.05) is 24.3 Å². The number of benzene rings is 1. The number of aromatic nitrogens is 2. The second-order valence-corrected chi connectivity index (χ2v) is 4.12. The Bertz CT molecular complexity index is 511. The summed E-state index contributed by atoms with van der Waals surface area (Å²) in [6.07, 6.45) is 2.74. The van der Waals surface area contributed by atoms with Gasteiger partial charge in [0.2, 0.25) is 5.95 Å². The fraction of sp³-hybridized carbons (Fsp3) is 0.286. The number of nitrogens with one attached hydrogen (secondary N) is 2. The quantitative estimate of drug-likeness (QED) is 0.845. The van der Waals surface area contributed by atoms with Crippen molar-refractivity contribution in [3.8, 4) is 0 Å². The zero-order valence-corrected chi connectivity index (χ0v) is 10.8. The number of anilines is 2. The second-order valence-electron chi connectivity index (χ2n) is 4.12. The van der Waals surface area contributed by atoms with Crippen LogP contribution in [-0.4, -0.2) is 23.6 Å². The zero-order valence-electron chi connectivity index (χ0n) is 10.8. The van der Waals surface area contributed by atoms with E-state index in [0.717, 1.165) is 18.8 Å². The Hall–Kier alpha value is -2.10. The van der Waals surface area contributed by atoms with E-state index in [1.54, 1.807) is 6.20 Å². The number of nitrogens with zero attached hydrogens (tertiary/aromatic N) is 2. The van der Waals surface area contributed by atoms with Crippen LogP contribution in [0.15, 0.2) is 36.5 Å². The monoisotopic (exact) mass is 242 g/mol. The normalized spacial score (nSPS) is 10.1. The summed E-state index contributed by atoms with van der Waals surface area (Å²) in [6.45, 7) is 3.00. The Morgan fingerprint density at radius 3 is 2.78 bits per heavy atom. The third-order valence-corrected chi connectivity index (χ3v) is 2.84. The van der Waals surface area contributed by atoms with Gasteiger partial charge < -0.3 is 10.6 Å². The van der Waals surface area contributed by atoms with Crippen LogP contribution in [0.2, 0.25) is 0 Å². The van der Waals surface area contributed by atoms with Crippen molar-refractivity contribution in [2.45, 2.75) is 13.3 Å². The molecule has 0 unspecified atom stereocenters. The van der Waals surface area contributed by atoms with E-state index in [1.807, 2.05) is 13.1 Å². The molecule has 0 bridgehead atoms. The molecule has 0 aliphatic rings. The van der Waals surface area contributed by atoms with Crippen molar-refractivity contribution in [2.75, 3.05) is 24.2 Å². The van der Waals surface area contributed by atoms with Crippen LogP contribution < -0.4 is 10.6 Å². The Morgan fingerprint density at radius 1 is 1.17 bits per heavy atom. The highest BCUT2D eigenvalue weighted by molar-refractivity contribution is 5.39. The number of rotatable bonds is 5. The minimum absolute atomic E-state index is 0.635. The molecular weight excluding hydrogens is 224 g/mol. The summed E-state index contributed by atoms with van der Waals surface area (Å²) >= 11 is 0. The average molecular weight is 242 g/mol. The highest BCUT2D eigenvalue weighted by atomic mass is 15.1. The van der Waals surface area contributed by atoms with E-state index in [0.29, 0.717) is 5.95 Å². The van der Waals surface area contributed by atoms with Crippen molar-refractivity contribution in [3.05, 3.63) is 47.7 Å². The smallest absolute Gasteiger partial charge is 0.224 e. The molecule has 2 rings (SSSR count). The number of aryl methyl sites for hydroxylation is 1. The summed E-state index contributed by atoms with van der Waals surface area (Å²) in [4.78, 5) is 8.39. The van der Waals surface area contributed by atoms with E-state index >= 15 is 0 Å². The van der Waals surface area contributed by atoms with Gasteiger partial charge in [-0.2, -0.15) is 4.98 Å².